The molecule has 0 saturated carbocycles. The highest BCUT2D eigenvalue weighted by molar-refractivity contribution is 7.99. The lowest BCUT2D eigenvalue weighted by Crippen LogP contribution is -2.13. The summed E-state index contributed by atoms with van der Waals surface area (Å²) < 4.78 is 12.7. The van der Waals surface area contributed by atoms with Gasteiger partial charge in [-0.15, -0.1) is 0 Å². The summed E-state index contributed by atoms with van der Waals surface area (Å²) >= 11 is 1.87. The number of rotatable bonds is 6. The Morgan fingerprint density at radius 2 is 2.00 bits per heavy atom. The Morgan fingerprint density at radius 3 is 2.60 bits per heavy atom. The summed E-state index contributed by atoms with van der Waals surface area (Å²) in [7, 11) is 0. The van der Waals surface area contributed by atoms with E-state index in [0.29, 0.717) is 0 Å². The Labute approximate surface area is 95.2 Å². The van der Waals surface area contributed by atoms with Gasteiger partial charge in [0.1, 0.15) is 5.82 Å². The minimum absolute atomic E-state index is 0.0208. The van der Waals surface area contributed by atoms with Gasteiger partial charge in [-0.05, 0) is 29.9 Å². The zero-order valence-electron chi connectivity index (χ0n) is 9.08. The quantitative estimate of drug-likeness (QED) is 0.754. The fraction of sp³-hybridized carbons (Fsp3) is 0.500. The predicted octanol–water partition coefficient (Wildman–Crippen LogP) is 3.36. The Hall–Kier alpha value is -0.540. The van der Waals surface area contributed by atoms with Crippen LogP contribution in [-0.4, -0.2) is 11.5 Å². The summed E-state index contributed by atoms with van der Waals surface area (Å²) in [5, 5.41) is 0. The van der Waals surface area contributed by atoms with E-state index >= 15 is 0 Å². The molecular formula is C12H18FNS. The van der Waals surface area contributed by atoms with Crippen LogP contribution in [0.25, 0.3) is 0 Å². The molecule has 0 saturated heterocycles. The molecule has 1 atom stereocenters. The van der Waals surface area contributed by atoms with Crippen molar-refractivity contribution in [2.45, 2.75) is 25.8 Å². The van der Waals surface area contributed by atoms with Crippen LogP contribution < -0.4 is 5.73 Å². The van der Waals surface area contributed by atoms with Crippen molar-refractivity contribution in [3.8, 4) is 0 Å². The zero-order chi connectivity index (χ0) is 11.1. The molecule has 1 nitrogen and oxygen atoms in total. The smallest absolute Gasteiger partial charge is 0.123 e. The van der Waals surface area contributed by atoms with Gasteiger partial charge in [-0.2, -0.15) is 11.8 Å². The van der Waals surface area contributed by atoms with E-state index in [4.69, 9.17) is 5.73 Å². The van der Waals surface area contributed by atoms with Gasteiger partial charge >= 0.3 is 0 Å². The molecule has 1 aromatic carbocycles. The summed E-state index contributed by atoms with van der Waals surface area (Å²) in [6.07, 6.45) is 2.46. The number of thioether (sulfide) groups is 1. The molecule has 0 heterocycles. The molecule has 0 bridgehead atoms. The van der Waals surface area contributed by atoms with Gasteiger partial charge in [0.15, 0.2) is 0 Å². The molecule has 1 rings (SSSR count). The molecule has 2 N–H and O–H groups in total. The minimum atomic E-state index is -0.204. The number of hydrogen-bond acceptors (Lipinski definition) is 2. The first-order valence-electron chi connectivity index (χ1n) is 5.33. The molecule has 0 aliphatic heterocycles. The molecule has 3 heteroatoms. The van der Waals surface area contributed by atoms with Gasteiger partial charge < -0.3 is 5.73 Å². The second-order valence-corrected chi connectivity index (χ2v) is 4.74. The van der Waals surface area contributed by atoms with Crippen LogP contribution >= 0.6 is 11.8 Å². The maximum atomic E-state index is 12.7. The summed E-state index contributed by atoms with van der Waals surface area (Å²) in [4.78, 5) is 0. The van der Waals surface area contributed by atoms with Crippen molar-refractivity contribution in [3.05, 3.63) is 35.6 Å². The number of unbranched alkanes of at least 4 members (excludes halogenated alkanes) is 1. The summed E-state index contributed by atoms with van der Waals surface area (Å²) in [6, 6.07) is 6.48. The van der Waals surface area contributed by atoms with Gasteiger partial charge in [-0.3, -0.25) is 0 Å². The normalized spacial score (nSPS) is 12.7. The van der Waals surface area contributed by atoms with Crippen LogP contribution in [0.15, 0.2) is 24.3 Å². The molecule has 15 heavy (non-hydrogen) atoms. The van der Waals surface area contributed by atoms with E-state index in [1.54, 1.807) is 12.1 Å². The van der Waals surface area contributed by atoms with Gasteiger partial charge in [-0.1, -0.05) is 25.5 Å². The molecule has 0 amide bonds. The van der Waals surface area contributed by atoms with Crippen molar-refractivity contribution in [1.29, 1.82) is 0 Å². The topological polar surface area (TPSA) is 26.0 Å². The first-order chi connectivity index (χ1) is 7.24. The van der Waals surface area contributed by atoms with Gasteiger partial charge in [0.25, 0.3) is 0 Å². The lowest BCUT2D eigenvalue weighted by molar-refractivity contribution is 0.626. The summed E-state index contributed by atoms with van der Waals surface area (Å²) in [6.45, 7) is 2.18. The number of hydrogen-bond donors (Lipinski definition) is 1. The van der Waals surface area contributed by atoms with E-state index in [-0.39, 0.29) is 11.9 Å². The number of halogens is 1. The Bertz CT molecular complexity index is 273. The molecule has 0 aromatic heterocycles. The predicted molar refractivity (Wildman–Crippen MR) is 65.6 cm³/mol. The molecule has 1 aromatic rings. The van der Waals surface area contributed by atoms with E-state index in [1.165, 1.54) is 25.0 Å². The van der Waals surface area contributed by atoms with Gasteiger partial charge in [0, 0.05) is 11.8 Å². The van der Waals surface area contributed by atoms with E-state index in [0.717, 1.165) is 17.1 Å². The van der Waals surface area contributed by atoms with E-state index < -0.39 is 0 Å². The highest BCUT2D eigenvalue weighted by atomic mass is 32.2. The van der Waals surface area contributed by atoms with Crippen LogP contribution in [0.3, 0.4) is 0 Å². The first kappa shape index (κ1) is 12.5. The van der Waals surface area contributed by atoms with Crippen molar-refractivity contribution in [1.82, 2.24) is 0 Å². The molecule has 0 radical (unpaired) electrons. The lowest BCUT2D eigenvalue weighted by atomic mass is 10.1. The molecule has 0 aliphatic rings. The van der Waals surface area contributed by atoms with Gasteiger partial charge in [0.2, 0.25) is 0 Å². The molecule has 0 spiro atoms. The molecular weight excluding hydrogens is 209 g/mol. The maximum absolute atomic E-state index is 12.7. The van der Waals surface area contributed by atoms with Crippen molar-refractivity contribution >= 4 is 11.8 Å². The number of benzene rings is 1. The lowest BCUT2D eigenvalue weighted by Gasteiger charge is -2.11. The van der Waals surface area contributed by atoms with Gasteiger partial charge in [0.05, 0.1) is 0 Å². The average Bonchev–Trinajstić information content (AvgIpc) is 2.25. The standard InChI is InChI=1S/C12H18FNS/c1-2-3-8-15-9-12(14)10-4-6-11(13)7-5-10/h4-7,12H,2-3,8-9,14H2,1H3. The highest BCUT2D eigenvalue weighted by Gasteiger charge is 2.05. The third-order valence-corrected chi connectivity index (χ3v) is 3.41. The Morgan fingerprint density at radius 1 is 1.33 bits per heavy atom. The van der Waals surface area contributed by atoms with Crippen LogP contribution in [0.4, 0.5) is 4.39 Å². The van der Waals surface area contributed by atoms with Crippen molar-refractivity contribution in [2.75, 3.05) is 11.5 Å². The van der Waals surface area contributed by atoms with Crippen LogP contribution in [0.2, 0.25) is 0 Å². The summed E-state index contributed by atoms with van der Waals surface area (Å²) in [5.74, 6) is 1.86. The second kappa shape index (κ2) is 6.85. The second-order valence-electron chi connectivity index (χ2n) is 3.59. The molecule has 0 fully saturated rings. The van der Waals surface area contributed by atoms with Crippen molar-refractivity contribution in [3.63, 3.8) is 0 Å². The van der Waals surface area contributed by atoms with Gasteiger partial charge in [-0.25, -0.2) is 4.39 Å². The third kappa shape index (κ3) is 4.67. The van der Waals surface area contributed by atoms with Crippen LogP contribution in [0.1, 0.15) is 31.4 Å². The van der Waals surface area contributed by atoms with Crippen molar-refractivity contribution in [2.24, 2.45) is 5.73 Å². The maximum Gasteiger partial charge on any atom is 0.123 e. The summed E-state index contributed by atoms with van der Waals surface area (Å²) in [5.41, 5.74) is 7.00. The molecule has 84 valence electrons. The fourth-order valence-electron chi connectivity index (χ4n) is 1.26. The SMILES string of the molecule is CCCCSCC(N)c1ccc(F)cc1. The molecule has 0 aliphatic carbocycles. The molecule has 1 unspecified atom stereocenters. The minimum Gasteiger partial charge on any atom is -0.323 e. The van der Waals surface area contributed by atoms with E-state index in [9.17, 15) is 4.39 Å². The highest BCUT2D eigenvalue weighted by Crippen LogP contribution is 2.17. The Kier molecular flexibility index (Phi) is 5.73. The fourth-order valence-corrected chi connectivity index (χ4v) is 2.37. The monoisotopic (exact) mass is 227 g/mol. The third-order valence-electron chi connectivity index (χ3n) is 2.24. The zero-order valence-corrected chi connectivity index (χ0v) is 9.90. The Balaban J connectivity index is 2.33. The van der Waals surface area contributed by atoms with E-state index in [1.807, 2.05) is 11.8 Å². The van der Waals surface area contributed by atoms with Crippen LogP contribution in [-0.2, 0) is 0 Å². The number of nitrogens with two attached hydrogens (primary N) is 1. The average molecular weight is 227 g/mol. The van der Waals surface area contributed by atoms with Crippen molar-refractivity contribution < 1.29 is 4.39 Å². The van der Waals surface area contributed by atoms with E-state index in [2.05, 4.69) is 6.92 Å². The van der Waals surface area contributed by atoms with Crippen LogP contribution in [0, 0.1) is 5.82 Å². The first-order valence-corrected chi connectivity index (χ1v) is 6.48. The largest absolute Gasteiger partial charge is 0.323 e. The van der Waals surface area contributed by atoms with Crippen LogP contribution in [0.5, 0.6) is 0 Å².